The Morgan fingerprint density at radius 1 is 0.554 bits per heavy atom. The molecule has 9 heteroatoms. The SMILES string of the molecule is CC/C=C\C/C=C\C/C=C\C/C=C\C/C=C\C/C=C\C/C=C\CCCC(=O)NC(COP(=O)([O-])OCC[N+](C)(C)C)C(O)/C=C/CC/C=C/CCCCCCCCCCCCCCCC. The Morgan fingerprint density at radius 2 is 0.954 bits per heavy atom. The number of hydrogen-bond acceptors (Lipinski definition) is 6. The number of carbonyl (C=O) groups is 1. The topological polar surface area (TPSA) is 108 Å². The molecular formula is C56H97N2O6P. The summed E-state index contributed by atoms with van der Waals surface area (Å²) in [5, 5.41) is 13.8. The number of amides is 1. The second-order valence-electron chi connectivity index (χ2n) is 18.1. The molecule has 0 fully saturated rings. The number of aliphatic hydroxyl groups excluding tert-OH is 1. The lowest BCUT2D eigenvalue weighted by Crippen LogP contribution is -2.45. The summed E-state index contributed by atoms with van der Waals surface area (Å²) < 4.78 is 23.2. The highest BCUT2D eigenvalue weighted by Crippen LogP contribution is 2.38. The maximum atomic E-state index is 12.9. The molecule has 3 atom stereocenters. The molecule has 0 aromatic rings. The molecule has 0 spiro atoms. The van der Waals surface area contributed by atoms with Gasteiger partial charge in [-0.2, -0.15) is 0 Å². The Morgan fingerprint density at radius 3 is 1.43 bits per heavy atom. The molecule has 65 heavy (non-hydrogen) atoms. The number of hydrogen-bond donors (Lipinski definition) is 2. The van der Waals surface area contributed by atoms with Crippen LogP contribution in [0.5, 0.6) is 0 Å². The third kappa shape index (κ3) is 48.9. The van der Waals surface area contributed by atoms with Crippen molar-refractivity contribution >= 4 is 13.7 Å². The predicted molar refractivity (Wildman–Crippen MR) is 279 cm³/mol. The van der Waals surface area contributed by atoms with E-state index in [9.17, 15) is 19.4 Å². The molecule has 0 radical (unpaired) electrons. The van der Waals surface area contributed by atoms with Gasteiger partial charge in [0.2, 0.25) is 5.91 Å². The second-order valence-corrected chi connectivity index (χ2v) is 19.5. The van der Waals surface area contributed by atoms with Crippen LogP contribution in [0, 0.1) is 0 Å². The van der Waals surface area contributed by atoms with Gasteiger partial charge >= 0.3 is 0 Å². The molecule has 1 amide bonds. The number of nitrogens with one attached hydrogen (secondary N) is 1. The van der Waals surface area contributed by atoms with Crippen molar-refractivity contribution in [3.63, 3.8) is 0 Å². The van der Waals surface area contributed by atoms with E-state index in [2.05, 4.69) is 116 Å². The van der Waals surface area contributed by atoms with E-state index in [1.165, 1.54) is 89.9 Å². The normalized spacial score (nSPS) is 15.0. The Hall–Kier alpha value is -2.84. The minimum atomic E-state index is -4.63. The number of unbranched alkanes of at least 4 members (excludes halogenated alkanes) is 16. The number of nitrogens with zero attached hydrogens (tertiary/aromatic N) is 1. The van der Waals surface area contributed by atoms with Gasteiger partial charge in [-0.3, -0.25) is 9.36 Å². The molecule has 2 N–H and O–H groups in total. The number of allylic oxidation sites excluding steroid dienone is 17. The van der Waals surface area contributed by atoms with Gasteiger partial charge in [-0.05, 0) is 83.5 Å². The second kappa shape index (κ2) is 46.3. The third-order valence-electron chi connectivity index (χ3n) is 10.7. The summed E-state index contributed by atoms with van der Waals surface area (Å²) in [5.74, 6) is -0.269. The van der Waals surface area contributed by atoms with E-state index in [1.807, 2.05) is 27.2 Å². The number of aliphatic hydroxyl groups is 1. The number of phosphoric ester groups is 1. The number of carbonyl (C=O) groups excluding carboxylic acids is 1. The standard InChI is InChI=1S/C56H97N2O6P/c1-6-8-10-12-14-16-18-20-22-24-26-28-29-30-32-34-36-38-40-42-44-46-48-50-56(60)57-54(53-64-65(61,62)63-52-51-58(3,4)5)55(59)49-47-45-43-41-39-37-35-33-31-27-25-23-21-19-17-15-13-11-9-7-2/h8,10,14,16,20,22,26,28,30,32,36,38-39,41-42,44,47,49,54-55,59H,6-7,9,11-13,15,17-19,21,23-25,27,29,31,33-35,37,40,43,45-46,48,50-53H2,1-5H3,(H-,57,60,61,62)/b10-8-,16-14-,22-20-,28-26-,32-30-,38-36-,41-39+,44-42-,49-47+. The fourth-order valence-electron chi connectivity index (χ4n) is 6.69. The Kier molecular flexibility index (Phi) is 44.3. The molecule has 0 saturated heterocycles. The maximum Gasteiger partial charge on any atom is 0.268 e. The molecule has 0 aliphatic rings. The van der Waals surface area contributed by atoms with Crippen LogP contribution in [0.1, 0.15) is 187 Å². The molecule has 0 heterocycles. The molecule has 372 valence electrons. The molecule has 0 aromatic carbocycles. The Bertz CT molecular complexity index is 1420. The van der Waals surface area contributed by atoms with Crippen molar-refractivity contribution in [2.75, 3.05) is 40.9 Å². The van der Waals surface area contributed by atoms with Crippen molar-refractivity contribution in [3.8, 4) is 0 Å². The predicted octanol–water partition coefficient (Wildman–Crippen LogP) is 14.6. The first-order valence-corrected chi connectivity index (χ1v) is 27.2. The highest BCUT2D eigenvalue weighted by atomic mass is 31.2. The fourth-order valence-corrected chi connectivity index (χ4v) is 7.41. The van der Waals surface area contributed by atoms with Gasteiger partial charge in [0, 0.05) is 6.42 Å². The van der Waals surface area contributed by atoms with Gasteiger partial charge in [-0.1, -0.05) is 207 Å². The van der Waals surface area contributed by atoms with E-state index in [0.717, 1.165) is 70.6 Å². The fraction of sp³-hybridized carbons (Fsp3) is 0.661. The lowest BCUT2D eigenvalue weighted by Gasteiger charge is -2.29. The molecule has 0 rings (SSSR count). The first kappa shape index (κ1) is 62.2. The zero-order valence-electron chi connectivity index (χ0n) is 42.1. The van der Waals surface area contributed by atoms with Crippen molar-refractivity contribution in [3.05, 3.63) is 109 Å². The zero-order chi connectivity index (χ0) is 47.8. The van der Waals surface area contributed by atoms with Gasteiger partial charge < -0.3 is 28.8 Å². The quantitative estimate of drug-likeness (QED) is 0.0273. The summed E-state index contributed by atoms with van der Waals surface area (Å²) in [6.45, 7) is 4.46. The van der Waals surface area contributed by atoms with Crippen LogP contribution in [0.4, 0.5) is 0 Å². The number of likely N-dealkylation sites (N-methyl/N-ethyl adjacent to an activating group) is 1. The van der Waals surface area contributed by atoms with E-state index in [0.29, 0.717) is 17.4 Å². The summed E-state index contributed by atoms with van der Waals surface area (Å²) >= 11 is 0. The monoisotopic (exact) mass is 925 g/mol. The highest BCUT2D eigenvalue weighted by molar-refractivity contribution is 7.45. The van der Waals surface area contributed by atoms with Crippen LogP contribution in [0.2, 0.25) is 0 Å². The zero-order valence-corrected chi connectivity index (χ0v) is 43.0. The van der Waals surface area contributed by atoms with Crippen molar-refractivity contribution in [1.29, 1.82) is 0 Å². The molecule has 8 nitrogen and oxygen atoms in total. The minimum absolute atomic E-state index is 0.0235. The van der Waals surface area contributed by atoms with E-state index < -0.39 is 26.6 Å². The Balaban J connectivity index is 4.51. The summed E-state index contributed by atoms with van der Waals surface area (Å²) in [6.07, 6.45) is 67.3. The highest BCUT2D eigenvalue weighted by Gasteiger charge is 2.23. The van der Waals surface area contributed by atoms with E-state index in [4.69, 9.17) is 9.05 Å². The van der Waals surface area contributed by atoms with Crippen molar-refractivity contribution < 1.29 is 32.9 Å². The summed E-state index contributed by atoms with van der Waals surface area (Å²) in [5.41, 5.74) is 0. The average molecular weight is 925 g/mol. The third-order valence-corrected chi connectivity index (χ3v) is 11.7. The molecule has 0 saturated carbocycles. The van der Waals surface area contributed by atoms with Gasteiger partial charge in [0.25, 0.3) is 7.82 Å². The van der Waals surface area contributed by atoms with E-state index >= 15 is 0 Å². The van der Waals surface area contributed by atoms with Gasteiger partial charge in [0.15, 0.2) is 0 Å². The van der Waals surface area contributed by atoms with Crippen LogP contribution in [0.25, 0.3) is 0 Å². The van der Waals surface area contributed by atoms with Crippen LogP contribution in [0.3, 0.4) is 0 Å². The largest absolute Gasteiger partial charge is 0.756 e. The van der Waals surface area contributed by atoms with Gasteiger partial charge in [-0.15, -0.1) is 0 Å². The average Bonchev–Trinajstić information content (AvgIpc) is 3.26. The first-order valence-electron chi connectivity index (χ1n) is 25.7. The van der Waals surface area contributed by atoms with Crippen molar-refractivity contribution in [2.24, 2.45) is 0 Å². The number of rotatable bonds is 45. The number of phosphoric acid groups is 1. The van der Waals surface area contributed by atoms with Crippen LogP contribution >= 0.6 is 7.82 Å². The van der Waals surface area contributed by atoms with Gasteiger partial charge in [0.1, 0.15) is 13.2 Å². The molecule has 0 bridgehead atoms. The smallest absolute Gasteiger partial charge is 0.268 e. The summed E-state index contributed by atoms with van der Waals surface area (Å²) in [7, 11) is 1.19. The van der Waals surface area contributed by atoms with Crippen LogP contribution in [0.15, 0.2) is 109 Å². The maximum absolute atomic E-state index is 12.9. The van der Waals surface area contributed by atoms with E-state index in [1.54, 1.807) is 6.08 Å². The lowest BCUT2D eigenvalue weighted by atomic mass is 10.0. The van der Waals surface area contributed by atoms with Gasteiger partial charge in [0.05, 0.1) is 39.9 Å². The van der Waals surface area contributed by atoms with Crippen molar-refractivity contribution in [1.82, 2.24) is 5.32 Å². The molecular weight excluding hydrogens is 828 g/mol. The van der Waals surface area contributed by atoms with Crippen molar-refractivity contribution in [2.45, 2.75) is 199 Å². The number of quaternary nitrogens is 1. The van der Waals surface area contributed by atoms with Crippen LogP contribution < -0.4 is 10.2 Å². The summed E-state index contributed by atoms with van der Waals surface area (Å²) in [6, 6.07) is -0.942. The van der Waals surface area contributed by atoms with Crippen LogP contribution in [-0.4, -0.2) is 68.5 Å². The molecule has 3 unspecified atom stereocenters. The molecule has 0 aromatic heterocycles. The lowest BCUT2D eigenvalue weighted by molar-refractivity contribution is -0.870. The van der Waals surface area contributed by atoms with E-state index in [-0.39, 0.29) is 18.9 Å². The molecule has 0 aliphatic carbocycles. The first-order chi connectivity index (χ1) is 31.5. The van der Waals surface area contributed by atoms with Crippen LogP contribution in [-0.2, 0) is 18.4 Å². The Labute approximate surface area is 400 Å². The minimum Gasteiger partial charge on any atom is -0.756 e. The molecule has 0 aliphatic heterocycles. The summed E-state index contributed by atoms with van der Waals surface area (Å²) in [4.78, 5) is 25.4. The van der Waals surface area contributed by atoms with Gasteiger partial charge in [-0.25, -0.2) is 0 Å².